The number of hydrogen-bond acceptors (Lipinski definition) is 5. The molecule has 0 spiro atoms. The molecule has 0 amide bonds. The molecule has 4 nitrogen and oxygen atoms in total. The summed E-state index contributed by atoms with van der Waals surface area (Å²) in [6.07, 6.45) is 2.05. The van der Waals surface area contributed by atoms with Gasteiger partial charge in [0.25, 0.3) is 0 Å². The van der Waals surface area contributed by atoms with E-state index in [2.05, 4.69) is 15.7 Å². The monoisotopic (exact) mass is 318 g/mol. The number of aromatic nitrogens is 1. The molecule has 0 saturated heterocycles. The first-order chi connectivity index (χ1) is 10.7. The molecule has 1 saturated carbocycles. The van der Waals surface area contributed by atoms with Crippen molar-refractivity contribution in [2.45, 2.75) is 38.3 Å². The first kappa shape index (κ1) is 15.5. The van der Waals surface area contributed by atoms with Gasteiger partial charge in [0, 0.05) is 24.4 Å². The van der Waals surface area contributed by atoms with Crippen molar-refractivity contribution in [2.24, 2.45) is 0 Å². The van der Waals surface area contributed by atoms with E-state index in [1.165, 1.54) is 17.8 Å². The molecule has 1 aromatic carbocycles. The fraction of sp³-hybridized carbons (Fsp3) is 0.471. The van der Waals surface area contributed by atoms with E-state index in [-0.39, 0.29) is 0 Å². The lowest BCUT2D eigenvalue weighted by molar-refractivity contribution is 0.106. The van der Waals surface area contributed by atoms with Crippen molar-refractivity contribution >= 4 is 11.3 Å². The van der Waals surface area contributed by atoms with Crippen molar-refractivity contribution < 1.29 is 9.84 Å². The molecule has 1 aliphatic carbocycles. The van der Waals surface area contributed by atoms with Gasteiger partial charge in [-0.1, -0.05) is 12.1 Å². The second kappa shape index (κ2) is 7.22. The Balaban J connectivity index is 1.35. The number of aliphatic hydroxyl groups excluding tert-OH is 1. The number of thiazole rings is 1. The maximum atomic E-state index is 9.96. The SMILES string of the molecule is Cc1cccc(OCC(O)CNCc2csc(C3CC3)n2)c1. The third kappa shape index (κ3) is 4.53. The maximum Gasteiger partial charge on any atom is 0.119 e. The molecule has 1 aliphatic rings. The molecule has 1 unspecified atom stereocenters. The number of aryl methyl sites for hydroxylation is 1. The number of aliphatic hydroxyl groups is 1. The van der Waals surface area contributed by atoms with Crippen LogP contribution in [0.1, 0.15) is 35.0 Å². The van der Waals surface area contributed by atoms with E-state index in [0.29, 0.717) is 25.6 Å². The lowest BCUT2D eigenvalue weighted by Crippen LogP contribution is -2.31. The van der Waals surface area contributed by atoms with Gasteiger partial charge in [0.05, 0.1) is 10.7 Å². The molecule has 0 bridgehead atoms. The van der Waals surface area contributed by atoms with Gasteiger partial charge >= 0.3 is 0 Å². The summed E-state index contributed by atoms with van der Waals surface area (Å²) in [6, 6.07) is 7.85. The van der Waals surface area contributed by atoms with Gasteiger partial charge in [-0.15, -0.1) is 11.3 Å². The van der Waals surface area contributed by atoms with Gasteiger partial charge in [0.1, 0.15) is 18.5 Å². The highest BCUT2D eigenvalue weighted by Gasteiger charge is 2.26. The van der Waals surface area contributed by atoms with Gasteiger partial charge in [-0.2, -0.15) is 0 Å². The maximum absolute atomic E-state index is 9.96. The summed E-state index contributed by atoms with van der Waals surface area (Å²) in [5.74, 6) is 1.51. The van der Waals surface area contributed by atoms with Gasteiger partial charge in [0.2, 0.25) is 0 Å². The predicted octanol–water partition coefficient (Wildman–Crippen LogP) is 2.86. The Labute approximate surface area is 135 Å². The third-order valence-corrected chi connectivity index (χ3v) is 4.67. The van der Waals surface area contributed by atoms with Crippen LogP contribution in [0.3, 0.4) is 0 Å². The van der Waals surface area contributed by atoms with Gasteiger partial charge in [-0.25, -0.2) is 4.98 Å². The summed E-state index contributed by atoms with van der Waals surface area (Å²) in [6.45, 7) is 3.52. The van der Waals surface area contributed by atoms with Crippen molar-refractivity contribution in [2.75, 3.05) is 13.2 Å². The summed E-state index contributed by atoms with van der Waals surface area (Å²) in [4.78, 5) is 4.62. The summed E-state index contributed by atoms with van der Waals surface area (Å²) in [5.41, 5.74) is 2.22. The molecule has 1 heterocycles. The minimum atomic E-state index is -0.526. The molecule has 2 N–H and O–H groups in total. The van der Waals surface area contributed by atoms with Crippen LogP contribution in [0, 0.1) is 6.92 Å². The molecular weight excluding hydrogens is 296 g/mol. The quantitative estimate of drug-likeness (QED) is 0.786. The zero-order valence-electron chi connectivity index (χ0n) is 12.8. The van der Waals surface area contributed by atoms with Crippen molar-refractivity contribution in [3.63, 3.8) is 0 Å². The lowest BCUT2D eigenvalue weighted by Gasteiger charge is -2.13. The third-order valence-electron chi connectivity index (χ3n) is 3.61. The van der Waals surface area contributed by atoms with Crippen molar-refractivity contribution in [3.05, 3.63) is 45.9 Å². The molecule has 0 aliphatic heterocycles. The summed E-state index contributed by atoms with van der Waals surface area (Å²) in [7, 11) is 0. The largest absolute Gasteiger partial charge is 0.491 e. The zero-order valence-corrected chi connectivity index (χ0v) is 13.6. The fourth-order valence-corrected chi connectivity index (χ4v) is 3.24. The molecule has 22 heavy (non-hydrogen) atoms. The van der Waals surface area contributed by atoms with Crippen LogP contribution in [0.5, 0.6) is 5.75 Å². The average Bonchev–Trinajstić information content (AvgIpc) is 3.25. The van der Waals surface area contributed by atoms with Gasteiger partial charge in [-0.05, 0) is 37.5 Å². The van der Waals surface area contributed by atoms with Crippen molar-refractivity contribution in [1.29, 1.82) is 0 Å². The summed E-state index contributed by atoms with van der Waals surface area (Å²) < 4.78 is 5.59. The highest BCUT2D eigenvalue weighted by Crippen LogP contribution is 2.41. The Morgan fingerprint density at radius 1 is 1.45 bits per heavy atom. The van der Waals surface area contributed by atoms with Crippen molar-refractivity contribution in [1.82, 2.24) is 10.3 Å². The minimum Gasteiger partial charge on any atom is -0.491 e. The van der Waals surface area contributed by atoms with Crippen LogP contribution >= 0.6 is 11.3 Å². The molecule has 1 atom stereocenters. The number of rotatable bonds is 8. The Bertz CT molecular complexity index is 610. The molecule has 118 valence electrons. The van der Waals surface area contributed by atoms with Crippen LogP contribution in [0.25, 0.3) is 0 Å². The van der Waals surface area contributed by atoms with Crippen LogP contribution in [0.15, 0.2) is 29.6 Å². The lowest BCUT2D eigenvalue weighted by atomic mass is 10.2. The van der Waals surface area contributed by atoms with Crippen LogP contribution in [-0.2, 0) is 6.54 Å². The number of nitrogens with zero attached hydrogens (tertiary/aromatic N) is 1. The topological polar surface area (TPSA) is 54.4 Å². The zero-order chi connectivity index (χ0) is 15.4. The molecule has 1 fully saturated rings. The average molecular weight is 318 g/mol. The molecular formula is C17H22N2O2S. The van der Waals surface area contributed by atoms with Gasteiger partial charge < -0.3 is 15.2 Å². The van der Waals surface area contributed by atoms with E-state index in [9.17, 15) is 5.11 Å². The van der Waals surface area contributed by atoms with Gasteiger partial charge in [0.15, 0.2) is 0 Å². The highest BCUT2D eigenvalue weighted by atomic mass is 32.1. The summed E-state index contributed by atoms with van der Waals surface area (Å²) in [5, 5.41) is 16.6. The second-order valence-electron chi connectivity index (χ2n) is 5.86. The van der Waals surface area contributed by atoms with Crippen LogP contribution in [0.2, 0.25) is 0 Å². The van der Waals surface area contributed by atoms with E-state index in [1.54, 1.807) is 11.3 Å². The molecule has 1 aromatic heterocycles. The molecule has 2 aromatic rings. The smallest absolute Gasteiger partial charge is 0.119 e. The second-order valence-corrected chi connectivity index (χ2v) is 6.75. The van der Waals surface area contributed by atoms with E-state index in [0.717, 1.165) is 17.0 Å². The summed E-state index contributed by atoms with van der Waals surface area (Å²) >= 11 is 1.75. The minimum absolute atomic E-state index is 0.293. The number of benzene rings is 1. The number of ether oxygens (including phenoxy) is 1. The molecule has 5 heteroatoms. The van der Waals surface area contributed by atoms with Crippen molar-refractivity contribution in [3.8, 4) is 5.75 Å². The predicted molar refractivity (Wildman–Crippen MR) is 88.5 cm³/mol. The van der Waals surface area contributed by atoms with Crippen LogP contribution in [-0.4, -0.2) is 29.3 Å². The Kier molecular flexibility index (Phi) is 5.08. The Morgan fingerprint density at radius 3 is 3.09 bits per heavy atom. The highest BCUT2D eigenvalue weighted by molar-refractivity contribution is 7.09. The van der Waals surface area contributed by atoms with E-state index in [4.69, 9.17) is 4.74 Å². The normalized spacial score (nSPS) is 15.7. The van der Waals surface area contributed by atoms with Crippen LogP contribution < -0.4 is 10.1 Å². The first-order valence-electron chi connectivity index (χ1n) is 7.73. The molecule has 3 rings (SSSR count). The fourth-order valence-electron chi connectivity index (χ4n) is 2.24. The Morgan fingerprint density at radius 2 is 2.32 bits per heavy atom. The van der Waals surface area contributed by atoms with E-state index >= 15 is 0 Å². The van der Waals surface area contributed by atoms with E-state index in [1.807, 2.05) is 31.2 Å². The number of nitrogens with one attached hydrogen (secondary N) is 1. The Hall–Kier alpha value is -1.43. The first-order valence-corrected chi connectivity index (χ1v) is 8.61. The standard InChI is InChI=1S/C17H22N2O2S/c1-12-3-2-4-16(7-12)21-10-15(20)9-18-8-14-11-22-17(19-14)13-5-6-13/h2-4,7,11,13,15,18,20H,5-6,8-10H2,1H3. The van der Waals surface area contributed by atoms with E-state index < -0.39 is 6.10 Å². The molecule has 0 radical (unpaired) electrons. The van der Waals surface area contributed by atoms with Crippen LogP contribution in [0.4, 0.5) is 0 Å². The van der Waals surface area contributed by atoms with Gasteiger partial charge in [-0.3, -0.25) is 0 Å². The number of hydrogen-bond donors (Lipinski definition) is 2.